The van der Waals surface area contributed by atoms with E-state index < -0.39 is 44.4 Å². The normalized spacial score (nSPS) is 19.5. The molecule has 0 amide bonds. The van der Waals surface area contributed by atoms with Crippen LogP contribution in [-0.2, 0) is 20.0 Å². The number of alkyl halides is 6. The first kappa shape index (κ1) is 28.8. The Labute approximate surface area is 182 Å². The summed E-state index contributed by atoms with van der Waals surface area (Å²) in [7, 11) is -16.9. The molecule has 1 fully saturated rings. The van der Waals surface area contributed by atoms with Crippen molar-refractivity contribution < 1.29 is 43.2 Å². The van der Waals surface area contributed by atoms with Gasteiger partial charge in [0.1, 0.15) is 0 Å². The number of nitrogens with zero attached hydrogens (tertiary/aromatic N) is 1. The summed E-state index contributed by atoms with van der Waals surface area (Å²) in [5.41, 5.74) is -12.3. The number of hydrogen-bond acceptors (Lipinski definition) is 4. The predicted molar refractivity (Wildman–Crippen MR) is 110 cm³/mol. The van der Waals surface area contributed by atoms with Crippen LogP contribution in [0.3, 0.4) is 0 Å². The Hall–Kier alpha value is -0.210. The second kappa shape index (κ2) is 11.3. The maximum atomic E-state index is 13.3. The highest BCUT2D eigenvalue weighted by atomic mass is 32.4. The Morgan fingerprint density at radius 1 is 0.677 bits per heavy atom. The molecule has 0 aromatic heterocycles. The van der Waals surface area contributed by atoms with Crippen molar-refractivity contribution in [3.63, 3.8) is 0 Å². The van der Waals surface area contributed by atoms with Crippen molar-refractivity contribution >= 4 is 30.3 Å². The van der Waals surface area contributed by atoms with Crippen LogP contribution in [0, 0.1) is 0 Å². The van der Waals surface area contributed by atoms with Crippen molar-refractivity contribution in [1.82, 2.24) is 3.12 Å². The Kier molecular flexibility index (Phi) is 10.5. The first-order chi connectivity index (χ1) is 14.1. The van der Waals surface area contributed by atoms with E-state index in [0.717, 1.165) is 32.1 Å². The molecule has 1 saturated heterocycles. The van der Waals surface area contributed by atoms with E-state index >= 15 is 0 Å². The molecular weight excluding hydrogens is 492 g/mol. The molecule has 0 bridgehead atoms. The monoisotopic (exact) mass is 523 g/mol. The van der Waals surface area contributed by atoms with Gasteiger partial charge in [-0.05, 0) is 39.6 Å². The van der Waals surface area contributed by atoms with Crippen molar-refractivity contribution in [3.05, 3.63) is 0 Å². The largest absolute Gasteiger partial charge is 0.513 e. The van der Waals surface area contributed by atoms with Crippen LogP contribution < -0.4 is 0 Å². The first-order valence-electron chi connectivity index (χ1n) is 10.3. The number of halogens is 6. The van der Waals surface area contributed by atoms with Crippen molar-refractivity contribution in [1.29, 1.82) is 0 Å². The van der Waals surface area contributed by atoms with E-state index in [9.17, 15) is 43.2 Å². The molecule has 0 unspecified atom stereocenters. The van der Waals surface area contributed by atoms with Gasteiger partial charge in [-0.3, -0.25) is 0 Å². The SMILES string of the molecule is CCCCCCCCCCS1(N(S(=O)(=O)C(F)(F)F)S(=O)(=O)C(F)(F)F)CCCCC1. The third-order valence-electron chi connectivity index (χ3n) is 5.22. The smallest absolute Gasteiger partial charge is 0.201 e. The fraction of sp³-hybridized carbons (Fsp3) is 1.00. The highest BCUT2D eigenvalue weighted by molar-refractivity contribution is 8.41. The predicted octanol–water partition coefficient (Wildman–Crippen LogP) is 6.03. The summed E-state index contributed by atoms with van der Waals surface area (Å²) in [6.07, 6.45) is 7.23. The van der Waals surface area contributed by atoms with Gasteiger partial charge in [0.05, 0.1) is 0 Å². The molecule has 0 aromatic rings. The van der Waals surface area contributed by atoms with Gasteiger partial charge >= 0.3 is 31.1 Å². The van der Waals surface area contributed by atoms with Crippen molar-refractivity contribution in [2.24, 2.45) is 0 Å². The van der Waals surface area contributed by atoms with Crippen molar-refractivity contribution in [2.75, 3.05) is 17.3 Å². The summed E-state index contributed by atoms with van der Waals surface area (Å²) >= 11 is 0. The van der Waals surface area contributed by atoms with Crippen LogP contribution in [0.2, 0.25) is 0 Å². The van der Waals surface area contributed by atoms with E-state index in [2.05, 4.69) is 6.92 Å². The lowest BCUT2D eigenvalue weighted by atomic mass is 10.1. The second-order valence-electron chi connectivity index (χ2n) is 7.71. The molecule has 0 spiro atoms. The molecule has 0 atom stereocenters. The van der Waals surface area contributed by atoms with E-state index in [0.29, 0.717) is 19.3 Å². The lowest BCUT2D eigenvalue weighted by Gasteiger charge is -2.49. The molecular formula is C17H31F6NO4S3. The zero-order valence-electron chi connectivity index (χ0n) is 17.5. The van der Waals surface area contributed by atoms with Gasteiger partial charge in [0.2, 0.25) is 0 Å². The molecule has 0 saturated carbocycles. The van der Waals surface area contributed by atoms with Gasteiger partial charge < -0.3 is 0 Å². The molecule has 5 nitrogen and oxygen atoms in total. The van der Waals surface area contributed by atoms with Crippen LogP contribution in [0.15, 0.2) is 0 Å². The molecule has 0 radical (unpaired) electrons. The molecule has 0 aliphatic carbocycles. The van der Waals surface area contributed by atoms with Gasteiger partial charge in [0.15, 0.2) is 0 Å². The Morgan fingerprint density at radius 2 is 1.06 bits per heavy atom. The third-order valence-corrected chi connectivity index (χ3v) is 15.2. The van der Waals surface area contributed by atoms with Crippen LogP contribution in [-0.4, -0.2) is 48.2 Å². The van der Waals surface area contributed by atoms with Gasteiger partial charge in [-0.2, -0.15) is 36.6 Å². The molecule has 0 aromatic carbocycles. The van der Waals surface area contributed by atoms with Crippen LogP contribution in [0.25, 0.3) is 0 Å². The average molecular weight is 524 g/mol. The standard InChI is InChI=1S/C17H31F6NO4S3/c1-2-3-4-5-6-7-8-10-13-29(14-11-9-12-15-29)24(30(25,26)16(18,19)20)31(27,28)17(21,22)23/h2-15H2,1H3. The summed E-state index contributed by atoms with van der Waals surface area (Å²) in [5, 5.41) is 0. The summed E-state index contributed by atoms with van der Waals surface area (Å²) in [6.45, 7) is 2.06. The zero-order valence-corrected chi connectivity index (χ0v) is 19.9. The lowest BCUT2D eigenvalue weighted by molar-refractivity contribution is -0.0505. The van der Waals surface area contributed by atoms with Gasteiger partial charge in [-0.1, -0.05) is 58.3 Å². The average Bonchev–Trinajstić information content (AvgIpc) is 2.62. The molecule has 31 heavy (non-hydrogen) atoms. The minimum atomic E-state index is -6.73. The topological polar surface area (TPSA) is 71.5 Å². The van der Waals surface area contributed by atoms with Crippen LogP contribution in [0.1, 0.15) is 77.6 Å². The van der Waals surface area contributed by atoms with Crippen LogP contribution in [0.5, 0.6) is 0 Å². The maximum absolute atomic E-state index is 13.3. The Balaban J connectivity index is 3.19. The number of hydrogen-bond donors (Lipinski definition) is 0. The van der Waals surface area contributed by atoms with Gasteiger partial charge in [-0.25, -0.2) is 16.8 Å². The molecule has 188 valence electrons. The molecule has 1 rings (SSSR count). The van der Waals surface area contributed by atoms with Gasteiger partial charge in [0.25, 0.3) is 0 Å². The number of sulfonamides is 2. The fourth-order valence-electron chi connectivity index (χ4n) is 3.67. The van der Waals surface area contributed by atoms with Crippen molar-refractivity contribution in [3.8, 4) is 0 Å². The quantitative estimate of drug-likeness (QED) is 0.231. The zero-order chi connectivity index (χ0) is 24.0. The Morgan fingerprint density at radius 3 is 1.45 bits per heavy atom. The fourth-order valence-corrected chi connectivity index (χ4v) is 14.0. The van der Waals surface area contributed by atoms with E-state index in [-0.39, 0.29) is 36.5 Å². The minimum Gasteiger partial charge on any atom is -0.201 e. The minimum absolute atomic E-state index is 0.181. The second-order valence-corrected chi connectivity index (χ2v) is 15.6. The molecule has 0 N–H and O–H groups in total. The van der Waals surface area contributed by atoms with Gasteiger partial charge in [0, 0.05) is 0 Å². The maximum Gasteiger partial charge on any atom is 0.513 e. The summed E-state index contributed by atoms with van der Waals surface area (Å²) in [4.78, 5) is 0. The van der Waals surface area contributed by atoms with E-state index in [1.807, 2.05) is 0 Å². The highest BCUT2D eigenvalue weighted by Gasteiger charge is 2.66. The van der Waals surface area contributed by atoms with E-state index in [1.54, 1.807) is 0 Å². The lowest BCUT2D eigenvalue weighted by Crippen LogP contribution is -2.52. The molecule has 14 heteroatoms. The summed E-state index contributed by atoms with van der Waals surface area (Å²) in [5.74, 6) is -0.852. The first-order valence-corrected chi connectivity index (χ1v) is 15.3. The number of unbranched alkanes of at least 4 members (excludes halogenated alkanes) is 7. The summed E-state index contributed by atoms with van der Waals surface area (Å²) in [6, 6.07) is 0. The van der Waals surface area contributed by atoms with Crippen LogP contribution in [0.4, 0.5) is 26.3 Å². The molecule has 1 heterocycles. The molecule has 1 aliphatic heterocycles. The third kappa shape index (κ3) is 7.13. The van der Waals surface area contributed by atoms with Crippen LogP contribution >= 0.6 is 10.2 Å². The summed E-state index contributed by atoms with van der Waals surface area (Å²) < 4.78 is 127. The van der Waals surface area contributed by atoms with Gasteiger partial charge in [-0.15, -0.1) is 0 Å². The Bertz CT molecular complexity index is 716. The van der Waals surface area contributed by atoms with E-state index in [1.165, 1.54) is 0 Å². The van der Waals surface area contributed by atoms with Crippen molar-refractivity contribution in [2.45, 2.75) is 88.6 Å². The number of rotatable bonds is 12. The molecule has 1 aliphatic rings. The highest BCUT2D eigenvalue weighted by Crippen LogP contribution is 2.61. The van der Waals surface area contributed by atoms with E-state index in [4.69, 9.17) is 0 Å².